The second kappa shape index (κ2) is 7.99. The normalized spacial score (nSPS) is 19.0. The SMILES string of the molecule is C[Si](C)(C)C#C[C@H]([C@@H](O)c1ccccc1)N1C(=O)OC[C@H]1c1ccccc1. The molecule has 1 aliphatic rings. The van der Waals surface area contributed by atoms with Crippen LogP contribution in [0.5, 0.6) is 0 Å². The maximum atomic E-state index is 12.6. The van der Waals surface area contributed by atoms with Gasteiger partial charge >= 0.3 is 6.09 Å². The van der Waals surface area contributed by atoms with Gasteiger partial charge in [0, 0.05) is 0 Å². The Morgan fingerprint density at radius 2 is 1.67 bits per heavy atom. The molecule has 0 saturated carbocycles. The molecule has 0 bridgehead atoms. The number of aliphatic hydroxyl groups is 1. The largest absolute Gasteiger partial charge is 0.447 e. The molecule has 0 aromatic heterocycles. The number of cyclic esters (lactones) is 1. The van der Waals surface area contributed by atoms with Gasteiger partial charge in [-0.25, -0.2) is 4.79 Å². The number of amides is 1. The Bertz CT molecular complexity index is 837. The first-order chi connectivity index (χ1) is 12.9. The minimum absolute atomic E-state index is 0.259. The third-order valence-corrected chi connectivity index (χ3v) is 5.32. The summed E-state index contributed by atoms with van der Waals surface area (Å²) >= 11 is 0. The lowest BCUT2D eigenvalue weighted by atomic mass is 9.98. The van der Waals surface area contributed by atoms with E-state index in [1.54, 1.807) is 4.90 Å². The molecule has 2 aromatic carbocycles. The summed E-state index contributed by atoms with van der Waals surface area (Å²) in [7, 11) is -1.69. The molecule has 1 saturated heterocycles. The summed E-state index contributed by atoms with van der Waals surface area (Å²) in [4.78, 5) is 14.2. The number of ether oxygens (including phenoxy) is 1. The van der Waals surface area contributed by atoms with Gasteiger partial charge in [-0.3, -0.25) is 4.90 Å². The topological polar surface area (TPSA) is 49.8 Å². The van der Waals surface area contributed by atoms with Gasteiger partial charge in [-0.2, -0.15) is 0 Å². The zero-order valence-corrected chi connectivity index (χ0v) is 16.9. The molecule has 0 unspecified atom stereocenters. The van der Waals surface area contributed by atoms with E-state index in [4.69, 9.17) is 4.74 Å². The Morgan fingerprint density at radius 3 is 2.26 bits per heavy atom. The molecular weight excluding hydrogens is 354 g/mol. The number of hydrogen-bond donors (Lipinski definition) is 1. The van der Waals surface area contributed by atoms with Crippen LogP contribution < -0.4 is 0 Å². The van der Waals surface area contributed by atoms with Crippen molar-refractivity contribution in [3.05, 3.63) is 71.8 Å². The van der Waals surface area contributed by atoms with Crippen LogP contribution >= 0.6 is 0 Å². The molecule has 3 rings (SSSR count). The molecular formula is C22H25NO3Si. The molecule has 1 amide bonds. The van der Waals surface area contributed by atoms with E-state index in [0.29, 0.717) is 0 Å². The molecule has 2 aromatic rings. The van der Waals surface area contributed by atoms with Gasteiger partial charge < -0.3 is 9.84 Å². The van der Waals surface area contributed by atoms with Crippen LogP contribution in [0.2, 0.25) is 19.6 Å². The minimum atomic E-state index is -1.69. The van der Waals surface area contributed by atoms with Crippen molar-refractivity contribution in [1.82, 2.24) is 4.90 Å². The maximum Gasteiger partial charge on any atom is 0.411 e. The highest BCUT2D eigenvalue weighted by Gasteiger charge is 2.41. The van der Waals surface area contributed by atoms with Gasteiger partial charge in [0.15, 0.2) is 0 Å². The molecule has 27 heavy (non-hydrogen) atoms. The van der Waals surface area contributed by atoms with E-state index >= 15 is 0 Å². The Morgan fingerprint density at radius 1 is 1.07 bits per heavy atom. The van der Waals surface area contributed by atoms with Crippen molar-refractivity contribution in [3.63, 3.8) is 0 Å². The van der Waals surface area contributed by atoms with Crippen molar-refractivity contribution in [2.45, 2.75) is 37.8 Å². The van der Waals surface area contributed by atoms with Crippen molar-refractivity contribution < 1.29 is 14.6 Å². The van der Waals surface area contributed by atoms with E-state index in [-0.39, 0.29) is 12.6 Å². The summed E-state index contributed by atoms with van der Waals surface area (Å²) in [6.07, 6.45) is -1.35. The van der Waals surface area contributed by atoms with E-state index in [1.807, 2.05) is 60.7 Å². The van der Waals surface area contributed by atoms with Crippen LogP contribution in [0, 0.1) is 11.5 Å². The number of carbonyl (C=O) groups is 1. The molecule has 1 aliphatic heterocycles. The van der Waals surface area contributed by atoms with Crippen molar-refractivity contribution >= 4 is 14.2 Å². The van der Waals surface area contributed by atoms with E-state index in [0.717, 1.165) is 11.1 Å². The van der Waals surface area contributed by atoms with Gasteiger partial charge in [0.2, 0.25) is 0 Å². The van der Waals surface area contributed by atoms with Gasteiger partial charge in [-0.1, -0.05) is 86.2 Å². The highest BCUT2D eigenvalue weighted by molar-refractivity contribution is 6.83. The first-order valence-corrected chi connectivity index (χ1v) is 12.6. The molecule has 0 aliphatic carbocycles. The average molecular weight is 380 g/mol. The van der Waals surface area contributed by atoms with E-state index in [2.05, 4.69) is 31.1 Å². The lowest BCUT2D eigenvalue weighted by molar-refractivity contribution is 0.0818. The second-order valence-corrected chi connectivity index (χ2v) is 12.5. The zero-order chi connectivity index (χ0) is 19.4. The quantitative estimate of drug-likeness (QED) is 0.641. The highest BCUT2D eigenvalue weighted by Crippen LogP contribution is 2.34. The fourth-order valence-corrected chi connectivity index (χ4v) is 3.68. The molecule has 1 fully saturated rings. The Hall–Kier alpha value is -2.55. The minimum Gasteiger partial charge on any atom is -0.447 e. The third kappa shape index (κ3) is 4.59. The predicted molar refractivity (Wildman–Crippen MR) is 109 cm³/mol. The monoisotopic (exact) mass is 379 g/mol. The first kappa shape index (κ1) is 19.2. The Labute approximate surface area is 161 Å². The van der Waals surface area contributed by atoms with E-state index in [1.165, 1.54) is 0 Å². The summed E-state index contributed by atoms with van der Waals surface area (Å²) in [5.74, 6) is 3.22. The van der Waals surface area contributed by atoms with Gasteiger partial charge in [-0.15, -0.1) is 5.54 Å². The van der Waals surface area contributed by atoms with Crippen LogP contribution in [0.15, 0.2) is 60.7 Å². The summed E-state index contributed by atoms with van der Waals surface area (Å²) in [5.41, 5.74) is 5.03. The molecule has 1 heterocycles. The number of carbonyl (C=O) groups excluding carboxylic acids is 1. The molecule has 4 nitrogen and oxygen atoms in total. The first-order valence-electron chi connectivity index (χ1n) is 9.12. The highest BCUT2D eigenvalue weighted by atomic mass is 28.3. The van der Waals surface area contributed by atoms with E-state index < -0.39 is 26.3 Å². The fraction of sp³-hybridized carbons (Fsp3) is 0.318. The summed E-state index contributed by atoms with van der Waals surface area (Å²) < 4.78 is 5.35. The predicted octanol–water partition coefficient (Wildman–Crippen LogP) is 4.16. The summed E-state index contributed by atoms with van der Waals surface area (Å²) in [5, 5.41) is 11.1. The van der Waals surface area contributed by atoms with Crippen LogP contribution in [0.4, 0.5) is 4.79 Å². The second-order valence-electron chi connectivity index (χ2n) is 7.73. The van der Waals surface area contributed by atoms with Gasteiger partial charge in [0.25, 0.3) is 0 Å². The lowest BCUT2D eigenvalue weighted by Gasteiger charge is -2.31. The molecule has 1 N–H and O–H groups in total. The van der Waals surface area contributed by atoms with Gasteiger partial charge in [-0.05, 0) is 11.1 Å². The third-order valence-electron chi connectivity index (χ3n) is 4.43. The van der Waals surface area contributed by atoms with E-state index in [9.17, 15) is 9.90 Å². The smallest absolute Gasteiger partial charge is 0.411 e. The van der Waals surface area contributed by atoms with Crippen molar-refractivity contribution in [2.24, 2.45) is 0 Å². The number of hydrogen-bond acceptors (Lipinski definition) is 3. The van der Waals surface area contributed by atoms with Gasteiger partial charge in [0.1, 0.15) is 26.8 Å². The lowest BCUT2D eigenvalue weighted by Crippen LogP contribution is -2.41. The van der Waals surface area contributed by atoms with Crippen molar-refractivity contribution in [1.29, 1.82) is 0 Å². The summed E-state index contributed by atoms with van der Waals surface area (Å²) in [6, 6.07) is 18.2. The number of aliphatic hydroxyl groups excluding tert-OH is 1. The number of rotatable bonds is 4. The fourth-order valence-electron chi connectivity index (χ4n) is 3.10. The zero-order valence-electron chi connectivity index (χ0n) is 15.9. The maximum absolute atomic E-state index is 12.6. The van der Waals surface area contributed by atoms with Crippen LogP contribution in [0.3, 0.4) is 0 Å². The Kier molecular flexibility index (Phi) is 5.69. The van der Waals surface area contributed by atoms with Crippen molar-refractivity contribution in [3.8, 4) is 11.5 Å². The Balaban J connectivity index is 2.02. The molecule has 140 valence electrons. The van der Waals surface area contributed by atoms with Crippen LogP contribution in [-0.2, 0) is 4.74 Å². The molecule has 0 radical (unpaired) electrons. The molecule has 3 atom stereocenters. The molecule has 0 spiro atoms. The standard InChI is InChI=1S/C22H25NO3Si/c1-27(2,3)15-14-19(21(24)18-12-8-5-9-13-18)23-20(16-26-22(23)25)17-10-6-4-7-11-17/h4-13,19-21,24H,16H2,1-3H3/t19-,20+,21+/m1/s1. The van der Waals surface area contributed by atoms with Crippen LogP contribution in [0.25, 0.3) is 0 Å². The number of benzene rings is 2. The molecule has 5 heteroatoms. The van der Waals surface area contributed by atoms with Crippen LogP contribution in [-0.4, -0.2) is 36.8 Å². The van der Waals surface area contributed by atoms with Crippen LogP contribution in [0.1, 0.15) is 23.3 Å². The average Bonchev–Trinajstić information content (AvgIpc) is 3.04. The van der Waals surface area contributed by atoms with Crippen molar-refractivity contribution in [2.75, 3.05) is 6.61 Å². The summed E-state index contributed by atoms with van der Waals surface area (Å²) in [6.45, 7) is 6.68. The van der Waals surface area contributed by atoms with Gasteiger partial charge in [0.05, 0.1) is 6.04 Å². The number of nitrogens with zero attached hydrogens (tertiary/aromatic N) is 1.